The number of nitrogens with zero attached hydrogens (tertiary/aromatic N) is 1. The predicted molar refractivity (Wildman–Crippen MR) is 64.6 cm³/mol. The lowest BCUT2D eigenvalue weighted by Gasteiger charge is -2.36. The van der Waals surface area contributed by atoms with Gasteiger partial charge in [0, 0.05) is 19.2 Å². The van der Waals surface area contributed by atoms with E-state index in [4.69, 9.17) is 10.5 Å². The molecule has 16 heavy (non-hydrogen) atoms. The van der Waals surface area contributed by atoms with Gasteiger partial charge in [-0.05, 0) is 32.1 Å². The fraction of sp³-hybridized carbons (Fsp3) is 0.909. The van der Waals surface area contributed by atoms with E-state index in [1.807, 2.05) is 4.90 Å². The van der Waals surface area contributed by atoms with Crippen LogP contribution in [0, 0.1) is 0 Å². The molecule has 3 unspecified atom stereocenters. The van der Waals surface area contributed by atoms with Crippen molar-refractivity contribution in [2.45, 2.75) is 50.2 Å². The topological polar surface area (TPSA) is 55.6 Å². The standard InChI is InChI=1S/C11H20N2O2.ClH/c1-15-7-10(12)11(14)13-8-3-2-4-9(13)6-5-8;/h8-10H,2-7,12H2,1H3;1H. The molecule has 0 aromatic rings. The van der Waals surface area contributed by atoms with E-state index in [1.165, 1.54) is 6.42 Å². The number of piperidine rings is 1. The van der Waals surface area contributed by atoms with Gasteiger partial charge in [-0.3, -0.25) is 4.79 Å². The lowest BCUT2D eigenvalue weighted by molar-refractivity contribution is -0.138. The van der Waals surface area contributed by atoms with Crippen molar-refractivity contribution in [2.75, 3.05) is 13.7 Å². The Morgan fingerprint density at radius 1 is 1.38 bits per heavy atom. The molecule has 0 aromatic carbocycles. The van der Waals surface area contributed by atoms with Gasteiger partial charge in [0.15, 0.2) is 0 Å². The second kappa shape index (κ2) is 5.84. The lowest BCUT2D eigenvalue weighted by Crippen LogP contribution is -2.52. The summed E-state index contributed by atoms with van der Waals surface area (Å²) in [6, 6.07) is 0.439. The van der Waals surface area contributed by atoms with Gasteiger partial charge in [-0.25, -0.2) is 0 Å². The molecule has 2 aliphatic heterocycles. The van der Waals surface area contributed by atoms with Gasteiger partial charge in [-0.2, -0.15) is 0 Å². The van der Waals surface area contributed by atoms with Crippen LogP contribution < -0.4 is 5.73 Å². The van der Waals surface area contributed by atoms with Crippen molar-refractivity contribution >= 4 is 18.3 Å². The Labute approximate surface area is 103 Å². The molecule has 1 amide bonds. The van der Waals surface area contributed by atoms with E-state index >= 15 is 0 Å². The maximum atomic E-state index is 12.1. The minimum atomic E-state index is -0.476. The van der Waals surface area contributed by atoms with Gasteiger partial charge in [0.1, 0.15) is 6.04 Å². The summed E-state index contributed by atoms with van der Waals surface area (Å²) in [4.78, 5) is 14.1. The van der Waals surface area contributed by atoms with E-state index in [1.54, 1.807) is 7.11 Å². The molecule has 0 saturated carbocycles. The SMILES string of the molecule is COCC(N)C(=O)N1C2CCCC1CC2.Cl. The molecule has 0 aromatic heterocycles. The molecule has 2 aliphatic rings. The summed E-state index contributed by atoms with van der Waals surface area (Å²) in [5, 5.41) is 0. The Morgan fingerprint density at radius 2 is 1.94 bits per heavy atom. The fourth-order valence-electron chi connectivity index (χ4n) is 2.92. The van der Waals surface area contributed by atoms with E-state index in [2.05, 4.69) is 0 Å². The van der Waals surface area contributed by atoms with Gasteiger partial charge in [-0.1, -0.05) is 0 Å². The van der Waals surface area contributed by atoms with Crippen molar-refractivity contribution in [2.24, 2.45) is 5.73 Å². The average Bonchev–Trinajstić information content (AvgIpc) is 2.47. The molecule has 2 saturated heterocycles. The van der Waals surface area contributed by atoms with E-state index in [-0.39, 0.29) is 18.3 Å². The van der Waals surface area contributed by atoms with Crippen molar-refractivity contribution < 1.29 is 9.53 Å². The number of hydrogen-bond acceptors (Lipinski definition) is 3. The molecule has 2 fully saturated rings. The first-order valence-corrected chi connectivity index (χ1v) is 5.80. The summed E-state index contributed by atoms with van der Waals surface area (Å²) >= 11 is 0. The number of rotatable bonds is 3. The zero-order valence-corrected chi connectivity index (χ0v) is 10.5. The number of carbonyl (C=O) groups is 1. The first-order chi connectivity index (χ1) is 7.24. The molecular weight excluding hydrogens is 228 g/mol. The van der Waals surface area contributed by atoms with Gasteiger partial charge in [-0.15, -0.1) is 12.4 Å². The third-order valence-corrected chi connectivity index (χ3v) is 3.61. The zero-order chi connectivity index (χ0) is 10.8. The quantitative estimate of drug-likeness (QED) is 0.808. The Balaban J connectivity index is 0.00000128. The van der Waals surface area contributed by atoms with Gasteiger partial charge in [0.2, 0.25) is 5.91 Å². The summed E-state index contributed by atoms with van der Waals surface area (Å²) in [5.41, 5.74) is 5.79. The smallest absolute Gasteiger partial charge is 0.242 e. The summed E-state index contributed by atoms with van der Waals surface area (Å²) in [7, 11) is 1.58. The highest BCUT2D eigenvalue weighted by Gasteiger charge is 2.40. The number of nitrogens with two attached hydrogens (primary N) is 1. The Bertz CT molecular complexity index is 234. The van der Waals surface area contributed by atoms with Crippen molar-refractivity contribution in [3.05, 3.63) is 0 Å². The number of amides is 1. The van der Waals surface area contributed by atoms with E-state index in [9.17, 15) is 4.79 Å². The van der Waals surface area contributed by atoms with Crippen molar-refractivity contribution in [1.82, 2.24) is 4.90 Å². The number of ether oxygens (including phenoxy) is 1. The molecule has 2 N–H and O–H groups in total. The fourth-order valence-corrected chi connectivity index (χ4v) is 2.92. The van der Waals surface area contributed by atoms with E-state index in [0.717, 1.165) is 25.7 Å². The van der Waals surface area contributed by atoms with E-state index in [0.29, 0.717) is 18.7 Å². The molecule has 2 bridgehead atoms. The van der Waals surface area contributed by atoms with Gasteiger partial charge >= 0.3 is 0 Å². The molecule has 0 aliphatic carbocycles. The Morgan fingerprint density at radius 3 is 2.44 bits per heavy atom. The molecule has 2 heterocycles. The first kappa shape index (κ1) is 13.7. The highest BCUT2D eigenvalue weighted by Crippen LogP contribution is 2.35. The summed E-state index contributed by atoms with van der Waals surface area (Å²) in [5.74, 6) is 0.0871. The van der Waals surface area contributed by atoms with Crippen LogP contribution in [0.2, 0.25) is 0 Å². The summed E-state index contributed by atoms with van der Waals surface area (Å²) < 4.78 is 4.93. The van der Waals surface area contributed by atoms with Crippen LogP contribution in [0.15, 0.2) is 0 Å². The predicted octanol–water partition coefficient (Wildman–Crippen LogP) is 0.925. The number of hydrogen-bond donors (Lipinski definition) is 1. The van der Waals surface area contributed by atoms with Crippen LogP contribution in [0.25, 0.3) is 0 Å². The maximum absolute atomic E-state index is 12.1. The van der Waals surface area contributed by atoms with Gasteiger partial charge in [0.05, 0.1) is 6.61 Å². The zero-order valence-electron chi connectivity index (χ0n) is 9.72. The summed E-state index contributed by atoms with van der Waals surface area (Å²) in [6.07, 6.45) is 5.90. The number of methoxy groups -OCH3 is 1. The van der Waals surface area contributed by atoms with E-state index < -0.39 is 6.04 Å². The highest BCUT2D eigenvalue weighted by atomic mass is 35.5. The molecule has 3 atom stereocenters. The normalized spacial score (nSPS) is 29.8. The maximum Gasteiger partial charge on any atom is 0.242 e. The lowest BCUT2D eigenvalue weighted by atomic mass is 10.0. The van der Waals surface area contributed by atoms with Crippen LogP contribution in [0.1, 0.15) is 32.1 Å². The highest BCUT2D eigenvalue weighted by molar-refractivity contribution is 5.85. The van der Waals surface area contributed by atoms with Crippen molar-refractivity contribution in [3.63, 3.8) is 0 Å². The second-order valence-electron chi connectivity index (χ2n) is 4.62. The van der Waals surface area contributed by atoms with Crippen LogP contribution in [-0.2, 0) is 9.53 Å². The van der Waals surface area contributed by atoms with Crippen LogP contribution in [0.4, 0.5) is 0 Å². The largest absolute Gasteiger partial charge is 0.383 e. The molecule has 5 heteroatoms. The third kappa shape index (κ3) is 2.50. The molecule has 0 radical (unpaired) electrons. The summed E-state index contributed by atoms with van der Waals surface area (Å²) in [6.45, 7) is 0.328. The molecule has 0 spiro atoms. The molecule has 4 nitrogen and oxygen atoms in total. The third-order valence-electron chi connectivity index (χ3n) is 3.61. The van der Waals surface area contributed by atoms with Crippen LogP contribution in [-0.4, -0.2) is 42.6 Å². The average molecular weight is 249 g/mol. The monoisotopic (exact) mass is 248 g/mol. The van der Waals surface area contributed by atoms with Crippen LogP contribution >= 0.6 is 12.4 Å². The molecule has 94 valence electrons. The van der Waals surface area contributed by atoms with Crippen LogP contribution in [0.5, 0.6) is 0 Å². The second-order valence-corrected chi connectivity index (χ2v) is 4.62. The van der Waals surface area contributed by atoms with Crippen molar-refractivity contribution in [3.8, 4) is 0 Å². The molecular formula is C11H21ClN2O2. The molecule has 2 rings (SSSR count). The number of carbonyl (C=O) groups excluding carboxylic acids is 1. The Kier molecular flexibility index (Phi) is 5.02. The van der Waals surface area contributed by atoms with Crippen LogP contribution in [0.3, 0.4) is 0 Å². The minimum absolute atomic E-state index is 0. The van der Waals surface area contributed by atoms with Crippen molar-refractivity contribution in [1.29, 1.82) is 0 Å². The number of halogens is 1. The first-order valence-electron chi connectivity index (χ1n) is 5.80. The van der Waals surface area contributed by atoms with Gasteiger partial charge < -0.3 is 15.4 Å². The minimum Gasteiger partial charge on any atom is -0.383 e. The Hall–Kier alpha value is -0.320. The van der Waals surface area contributed by atoms with Gasteiger partial charge in [0.25, 0.3) is 0 Å². The number of fused-ring (bicyclic) bond motifs is 2.